The summed E-state index contributed by atoms with van der Waals surface area (Å²) in [7, 11) is 0. The van der Waals surface area contributed by atoms with Gasteiger partial charge in [0.2, 0.25) is 11.8 Å². The van der Waals surface area contributed by atoms with E-state index in [0.717, 1.165) is 36.0 Å². The number of carboxylic acids is 1. The van der Waals surface area contributed by atoms with Crippen LogP contribution in [0, 0.1) is 0 Å². The van der Waals surface area contributed by atoms with Crippen LogP contribution in [0.15, 0.2) is 34.5 Å². The van der Waals surface area contributed by atoms with Crippen molar-refractivity contribution in [3.8, 4) is 0 Å². The summed E-state index contributed by atoms with van der Waals surface area (Å²) in [4.78, 5) is 35.7. The van der Waals surface area contributed by atoms with Crippen molar-refractivity contribution >= 4 is 46.6 Å². The van der Waals surface area contributed by atoms with Gasteiger partial charge in [-0.1, -0.05) is 23.9 Å². The number of thioether (sulfide) groups is 1. The quantitative estimate of drug-likeness (QED) is 0.605. The predicted molar refractivity (Wildman–Crippen MR) is 94.8 cm³/mol. The molecule has 9 heteroatoms. The van der Waals surface area contributed by atoms with Gasteiger partial charge in [0.15, 0.2) is 5.17 Å². The molecule has 2 aliphatic heterocycles. The van der Waals surface area contributed by atoms with Crippen LogP contribution >= 0.6 is 11.8 Å². The molecule has 0 saturated carbocycles. The highest BCUT2D eigenvalue weighted by Crippen LogP contribution is 2.23. The Morgan fingerprint density at radius 1 is 1.36 bits per heavy atom. The van der Waals surface area contributed by atoms with E-state index in [9.17, 15) is 14.4 Å². The molecule has 2 N–H and O–H groups in total. The van der Waals surface area contributed by atoms with Gasteiger partial charge in [-0.25, -0.2) is 0 Å². The summed E-state index contributed by atoms with van der Waals surface area (Å²) in [6.45, 7) is 0.744. The molecule has 2 amide bonds. The minimum Gasteiger partial charge on any atom is -0.481 e. The van der Waals surface area contributed by atoms with Crippen LogP contribution in [0.1, 0.15) is 24.8 Å². The molecule has 2 aliphatic rings. The molecule has 1 atom stereocenters. The molecule has 130 valence electrons. The van der Waals surface area contributed by atoms with Gasteiger partial charge in [-0.3, -0.25) is 14.4 Å². The molecular formula is C16H16N4O4S. The second kappa shape index (κ2) is 7.47. The van der Waals surface area contributed by atoms with Gasteiger partial charge in [-0.15, -0.1) is 5.10 Å². The van der Waals surface area contributed by atoms with E-state index in [0.29, 0.717) is 6.42 Å². The SMILES string of the molecule is O=C(O)CC1SC(=NN=Cc2ccc(N3CCCC3=O)cc2)NC1=O. The van der Waals surface area contributed by atoms with E-state index in [1.54, 1.807) is 4.90 Å². The third kappa shape index (κ3) is 4.24. The van der Waals surface area contributed by atoms with E-state index >= 15 is 0 Å². The van der Waals surface area contributed by atoms with E-state index in [1.807, 2.05) is 24.3 Å². The highest BCUT2D eigenvalue weighted by Gasteiger charge is 2.32. The Kier molecular flexibility index (Phi) is 5.13. The van der Waals surface area contributed by atoms with E-state index in [-0.39, 0.29) is 23.4 Å². The topological polar surface area (TPSA) is 111 Å². The molecule has 0 aromatic heterocycles. The summed E-state index contributed by atoms with van der Waals surface area (Å²) in [6.07, 6.45) is 2.74. The number of hydrogen-bond donors (Lipinski definition) is 2. The lowest BCUT2D eigenvalue weighted by Gasteiger charge is -2.15. The second-order valence-corrected chi connectivity index (χ2v) is 6.78. The van der Waals surface area contributed by atoms with Gasteiger partial charge in [0.1, 0.15) is 5.25 Å². The number of nitrogens with one attached hydrogen (secondary N) is 1. The van der Waals surface area contributed by atoms with E-state index in [1.165, 1.54) is 6.21 Å². The Bertz CT molecular complexity index is 760. The van der Waals surface area contributed by atoms with Crippen molar-refractivity contribution < 1.29 is 19.5 Å². The van der Waals surface area contributed by atoms with Crippen LogP contribution in [0.3, 0.4) is 0 Å². The van der Waals surface area contributed by atoms with Crippen molar-refractivity contribution in [2.75, 3.05) is 11.4 Å². The highest BCUT2D eigenvalue weighted by atomic mass is 32.2. The number of aliphatic carboxylic acids is 1. The molecule has 1 aromatic rings. The van der Waals surface area contributed by atoms with E-state index in [4.69, 9.17) is 5.11 Å². The molecule has 3 rings (SSSR count). The maximum atomic E-state index is 11.7. The summed E-state index contributed by atoms with van der Waals surface area (Å²) in [5.74, 6) is -1.27. The first kappa shape index (κ1) is 17.2. The van der Waals surface area contributed by atoms with Gasteiger partial charge in [0.25, 0.3) is 0 Å². The average molecular weight is 360 g/mol. The number of hydrogen-bond acceptors (Lipinski definition) is 6. The zero-order chi connectivity index (χ0) is 17.8. The average Bonchev–Trinajstić information content (AvgIpc) is 3.14. The number of carbonyl (C=O) groups is 3. The summed E-state index contributed by atoms with van der Waals surface area (Å²) < 4.78 is 0. The lowest BCUT2D eigenvalue weighted by molar-refractivity contribution is -0.138. The Morgan fingerprint density at radius 3 is 2.76 bits per heavy atom. The van der Waals surface area contributed by atoms with E-state index in [2.05, 4.69) is 15.5 Å². The molecule has 0 spiro atoms. The van der Waals surface area contributed by atoms with Crippen molar-refractivity contribution in [3.05, 3.63) is 29.8 Å². The lowest BCUT2D eigenvalue weighted by Crippen LogP contribution is -2.26. The molecule has 2 saturated heterocycles. The highest BCUT2D eigenvalue weighted by molar-refractivity contribution is 8.15. The summed E-state index contributed by atoms with van der Waals surface area (Å²) in [6, 6.07) is 7.37. The number of rotatable bonds is 5. The van der Waals surface area contributed by atoms with Gasteiger partial charge in [0.05, 0.1) is 12.6 Å². The first-order valence-corrected chi connectivity index (χ1v) is 8.61. The zero-order valence-electron chi connectivity index (χ0n) is 13.2. The first-order valence-electron chi connectivity index (χ1n) is 7.74. The number of amidine groups is 1. The Morgan fingerprint density at radius 2 is 2.12 bits per heavy atom. The van der Waals surface area contributed by atoms with Gasteiger partial charge in [0, 0.05) is 18.7 Å². The smallest absolute Gasteiger partial charge is 0.305 e. The van der Waals surface area contributed by atoms with Crippen LogP contribution in [0.25, 0.3) is 0 Å². The summed E-state index contributed by atoms with van der Waals surface area (Å²) in [5.41, 5.74) is 1.66. The monoisotopic (exact) mass is 360 g/mol. The summed E-state index contributed by atoms with van der Waals surface area (Å²) in [5, 5.41) is 18.7. The number of nitrogens with zero attached hydrogens (tertiary/aromatic N) is 3. The minimum absolute atomic E-state index is 0.137. The van der Waals surface area contributed by atoms with Crippen LogP contribution < -0.4 is 10.2 Å². The molecule has 2 fully saturated rings. The Hall–Kier alpha value is -2.68. The minimum atomic E-state index is -1.03. The number of carboxylic acid groups (broad SMARTS) is 1. The van der Waals surface area contributed by atoms with Crippen LogP contribution in [0.2, 0.25) is 0 Å². The van der Waals surface area contributed by atoms with Crippen LogP contribution in [0.4, 0.5) is 5.69 Å². The zero-order valence-corrected chi connectivity index (χ0v) is 14.0. The van der Waals surface area contributed by atoms with Crippen molar-refractivity contribution in [1.82, 2.24) is 5.32 Å². The fourth-order valence-corrected chi connectivity index (χ4v) is 3.47. The molecule has 1 unspecified atom stereocenters. The molecule has 2 heterocycles. The Labute approximate surface area is 148 Å². The third-order valence-corrected chi connectivity index (χ3v) is 4.84. The maximum Gasteiger partial charge on any atom is 0.305 e. The molecule has 25 heavy (non-hydrogen) atoms. The molecule has 1 aromatic carbocycles. The number of benzene rings is 1. The Balaban J connectivity index is 1.60. The molecular weight excluding hydrogens is 344 g/mol. The van der Waals surface area contributed by atoms with Gasteiger partial charge in [-0.2, -0.15) is 5.10 Å². The van der Waals surface area contributed by atoms with Crippen molar-refractivity contribution in [3.63, 3.8) is 0 Å². The molecule has 8 nitrogen and oxygen atoms in total. The number of anilines is 1. The van der Waals surface area contributed by atoms with Gasteiger partial charge in [-0.05, 0) is 24.1 Å². The van der Waals surface area contributed by atoms with Crippen LogP contribution in [0.5, 0.6) is 0 Å². The predicted octanol–water partition coefficient (Wildman–Crippen LogP) is 1.21. The lowest BCUT2D eigenvalue weighted by atomic mass is 10.2. The van der Waals surface area contributed by atoms with Crippen LogP contribution in [-0.4, -0.2) is 46.1 Å². The van der Waals surface area contributed by atoms with Crippen LogP contribution in [-0.2, 0) is 14.4 Å². The van der Waals surface area contributed by atoms with Crippen molar-refractivity contribution in [2.24, 2.45) is 10.2 Å². The normalized spacial score (nSPS) is 22.2. The molecule has 0 radical (unpaired) electrons. The second-order valence-electron chi connectivity index (χ2n) is 5.58. The van der Waals surface area contributed by atoms with E-state index < -0.39 is 11.2 Å². The molecule has 0 aliphatic carbocycles. The fraction of sp³-hybridized carbons (Fsp3) is 0.312. The third-order valence-electron chi connectivity index (χ3n) is 3.77. The fourth-order valence-electron chi connectivity index (χ4n) is 2.55. The maximum absolute atomic E-state index is 11.7. The van der Waals surface area contributed by atoms with Crippen molar-refractivity contribution in [1.29, 1.82) is 0 Å². The first-order chi connectivity index (χ1) is 12.0. The number of amides is 2. The standard InChI is InChI=1S/C16H16N4O4S/c21-13-2-1-7-20(13)11-5-3-10(4-6-11)9-17-19-16-18-15(24)12(25-16)8-14(22)23/h3-6,9,12H,1-2,7-8H2,(H,22,23)(H,18,19,24). The largest absolute Gasteiger partial charge is 0.481 e. The van der Waals surface area contributed by atoms with Crippen molar-refractivity contribution in [2.45, 2.75) is 24.5 Å². The molecule has 0 bridgehead atoms. The number of carbonyl (C=O) groups excluding carboxylic acids is 2. The summed E-state index contributed by atoms with van der Waals surface area (Å²) >= 11 is 1.05. The van der Waals surface area contributed by atoms with Gasteiger partial charge < -0.3 is 15.3 Å². The van der Waals surface area contributed by atoms with Gasteiger partial charge >= 0.3 is 5.97 Å².